The zero-order valence-corrected chi connectivity index (χ0v) is 19.2. The molecule has 0 saturated carbocycles. The summed E-state index contributed by atoms with van der Waals surface area (Å²) in [7, 11) is -5.73. The fraction of sp³-hybridized carbons (Fsp3) is 0.350. The van der Waals surface area contributed by atoms with Gasteiger partial charge in [-0.05, 0) is 76.2 Å². The van der Waals surface area contributed by atoms with Gasteiger partial charge in [-0.15, -0.1) is 0 Å². The highest BCUT2D eigenvalue weighted by Crippen LogP contribution is 2.20. The van der Waals surface area contributed by atoms with E-state index in [1.54, 1.807) is 27.7 Å². The highest BCUT2D eigenvalue weighted by Gasteiger charge is 2.23. The van der Waals surface area contributed by atoms with Crippen molar-refractivity contribution in [3.05, 3.63) is 54.1 Å². The molecule has 0 fully saturated rings. The van der Waals surface area contributed by atoms with Gasteiger partial charge in [0.05, 0.1) is 9.79 Å². The highest BCUT2D eigenvalue weighted by atomic mass is 32.2. The van der Waals surface area contributed by atoms with E-state index >= 15 is 0 Å². The molecule has 8 nitrogen and oxygen atoms in total. The molecule has 0 radical (unpaired) electrons. The van der Waals surface area contributed by atoms with Crippen LogP contribution in [0.1, 0.15) is 38.1 Å². The summed E-state index contributed by atoms with van der Waals surface area (Å²) in [6, 6.07) is 11.0. The molecule has 2 aromatic rings. The van der Waals surface area contributed by atoms with E-state index < -0.39 is 26.0 Å². The summed E-state index contributed by atoms with van der Waals surface area (Å²) in [5.74, 6) is -0.439. The van der Waals surface area contributed by atoms with Crippen LogP contribution in [-0.4, -0.2) is 46.2 Å². The van der Waals surface area contributed by atoms with Crippen molar-refractivity contribution in [2.75, 3.05) is 12.4 Å². The molecule has 0 aliphatic rings. The SMILES string of the molecule is CC(C)NS(=O)(=O)c1ccc(C(=O)Nc2ccc(S(=O)(=O)N(C)C(C)C)cc2)cc1. The van der Waals surface area contributed by atoms with E-state index in [1.807, 2.05) is 0 Å². The summed E-state index contributed by atoms with van der Waals surface area (Å²) in [6.45, 7) is 7.00. The average Bonchev–Trinajstić information content (AvgIpc) is 2.66. The zero-order valence-electron chi connectivity index (χ0n) is 17.6. The van der Waals surface area contributed by atoms with Crippen LogP contribution in [0.4, 0.5) is 5.69 Å². The molecule has 0 unspecified atom stereocenters. The lowest BCUT2D eigenvalue weighted by Crippen LogP contribution is -2.33. The molecule has 10 heteroatoms. The molecule has 0 aliphatic heterocycles. The van der Waals surface area contributed by atoms with Crippen molar-refractivity contribution in [1.29, 1.82) is 0 Å². The fourth-order valence-corrected chi connectivity index (χ4v) is 5.14. The van der Waals surface area contributed by atoms with Crippen LogP contribution in [0.15, 0.2) is 58.3 Å². The van der Waals surface area contributed by atoms with E-state index in [9.17, 15) is 21.6 Å². The van der Waals surface area contributed by atoms with Crippen molar-refractivity contribution in [1.82, 2.24) is 9.03 Å². The first-order valence-electron chi connectivity index (χ1n) is 9.36. The molecule has 0 aromatic heterocycles. The third-order valence-corrected chi connectivity index (χ3v) is 8.06. The number of nitrogens with one attached hydrogen (secondary N) is 2. The fourth-order valence-electron chi connectivity index (χ4n) is 2.52. The number of anilines is 1. The highest BCUT2D eigenvalue weighted by molar-refractivity contribution is 7.89. The minimum absolute atomic E-state index is 0.0663. The predicted molar refractivity (Wildman–Crippen MR) is 116 cm³/mol. The van der Waals surface area contributed by atoms with Gasteiger partial charge in [-0.3, -0.25) is 4.79 Å². The number of carbonyl (C=O) groups excluding carboxylic acids is 1. The van der Waals surface area contributed by atoms with Crippen molar-refractivity contribution < 1.29 is 21.6 Å². The first kappa shape index (κ1) is 24.0. The summed E-state index contributed by atoms with van der Waals surface area (Å²) in [5.41, 5.74) is 0.694. The van der Waals surface area contributed by atoms with Crippen molar-refractivity contribution >= 4 is 31.6 Å². The molecule has 0 spiro atoms. The number of amides is 1. The largest absolute Gasteiger partial charge is 0.322 e. The summed E-state index contributed by atoms with van der Waals surface area (Å²) < 4.78 is 53.0. The van der Waals surface area contributed by atoms with Crippen LogP contribution in [0.25, 0.3) is 0 Å². The van der Waals surface area contributed by atoms with E-state index in [-0.39, 0.29) is 27.4 Å². The zero-order chi connectivity index (χ0) is 22.7. The Bertz CT molecular complexity index is 1090. The van der Waals surface area contributed by atoms with E-state index in [1.165, 1.54) is 59.9 Å². The van der Waals surface area contributed by atoms with E-state index in [0.717, 1.165) is 0 Å². The Morgan fingerprint density at radius 2 is 1.33 bits per heavy atom. The van der Waals surface area contributed by atoms with Gasteiger partial charge in [0.1, 0.15) is 0 Å². The van der Waals surface area contributed by atoms with Crippen LogP contribution >= 0.6 is 0 Å². The Morgan fingerprint density at radius 3 is 1.80 bits per heavy atom. The molecule has 0 saturated heterocycles. The van der Waals surface area contributed by atoms with Gasteiger partial charge in [-0.25, -0.2) is 21.6 Å². The molecule has 1 amide bonds. The second-order valence-electron chi connectivity index (χ2n) is 7.39. The van der Waals surface area contributed by atoms with Gasteiger partial charge in [0.2, 0.25) is 20.0 Å². The molecule has 164 valence electrons. The summed E-state index contributed by atoms with van der Waals surface area (Å²) in [4.78, 5) is 12.6. The number of rotatable bonds is 8. The minimum atomic E-state index is -3.64. The van der Waals surface area contributed by atoms with Gasteiger partial charge in [-0.2, -0.15) is 4.31 Å². The first-order chi connectivity index (χ1) is 13.8. The Hall–Kier alpha value is -2.27. The molecule has 2 N–H and O–H groups in total. The molecule has 0 bridgehead atoms. The van der Waals surface area contributed by atoms with Crippen LogP contribution in [0.5, 0.6) is 0 Å². The van der Waals surface area contributed by atoms with Gasteiger partial charge in [-0.1, -0.05) is 0 Å². The molecule has 2 aromatic carbocycles. The van der Waals surface area contributed by atoms with Crippen LogP contribution < -0.4 is 10.0 Å². The molecule has 30 heavy (non-hydrogen) atoms. The summed E-state index contributed by atoms with van der Waals surface area (Å²) in [6.07, 6.45) is 0. The van der Waals surface area contributed by atoms with Crippen LogP contribution in [-0.2, 0) is 20.0 Å². The number of nitrogens with zero attached hydrogens (tertiary/aromatic N) is 1. The number of benzene rings is 2. The molecule has 0 heterocycles. The predicted octanol–water partition coefficient (Wildman–Crippen LogP) is 2.65. The molecular weight excluding hydrogens is 426 g/mol. The Morgan fingerprint density at radius 1 is 0.833 bits per heavy atom. The lowest BCUT2D eigenvalue weighted by atomic mass is 10.2. The average molecular weight is 454 g/mol. The molecular formula is C20H27N3O5S2. The van der Waals surface area contributed by atoms with Crippen LogP contribution in [0.3, 0.4) is 0 Å². The lowest BCUT2D eigenvalue weighted by Gasteiger charge is -2.21. The van der Waals surface area contributed by atoms with E-state index in [4.69, 9.17) is 0 Å². The maximum Gasteiger partial charge on any atom is 0.255 e. The summed E-state index contributed by atoms with van der Waals surface area (Å²) in [5, 5.41) is 2.67. The van der Waals surface area contributed by atoms with Crippen molar-refractivity contribution in [2.24, 2.45) is 0 Å². The molecule has 2 rings (SSSR count). The van der Waals surface area contributed by atoms with Gasteiger partial charge >= 0.3 is 0 Å². The standard InChI is InChI=1S/C20H27N3O5S2/c1-14(2)22-29(25,26)18-10-6-16(7-11-18)20(24)21-17-8-12-19(13-9-17)30(27,28)23(5)15(3)4/h6-15,22H,1-5H3,(H,21,24). The second kappa shape index (κ2) is 9.25. The maximum absolute atomic E-state index is 12.5. The van der Waals surface area contributed by atoms with Gasteiger partial charge in [0.15, 0.2) is 0 Å². The topological polar surface area (TPSA) is 113 Å². The normalized spacial score (nSPS) is 12.5. The van der Waals surface area contributed by atoms with E-state index in [2.05, 4.69) is 10.0 Å². The monoisotopic (exact) mass is 453 g/mol. The second-order valence-corrected chi connectivity index (χ2v) is 11.1. The minimum Gasteiger partial charge on any atom is -0.322 e. The number of hydrogen-bond donors (Lipinski definition) is 2. The number of hydrogen-bond acceptors (Lipinski definition) is 5. The smallest absolute Gasteiger partial charge is 0.255 e. The number of sulfonamides is 2. The van der Waals surface area contributed by atoms with Crippen molar-refractivity contribution in [3.8, 4) is 0 Å². The van der Waals surface area contributed by atoms with Crippen LogP contribution in [0, 0.1) is 0 Å². The Kier molecular flexibility index (Phi) is 7.40. The van der Waals surface area contributed by atoms with Gasteiger partial charge in [0.25, 0.3) is 5.91 Å². The third-order valence-electron chi connectivity index (χ3n) is 4.33. The lowest BCUT2D eigenvalue weighted by molar-refractivity contribution is 0.102. The van der Waals surface area contributed by atoms with E-state index in [0.29, 0.717) is 5.69 Å². The Balaban J connectivity index is 2.13. The third kappa shape index (κ3) is 5.66. The summed E-state index contributed by atoms with van der Waals surface area (Å²) >= 11 is 0. The van der Waals surface area contributed by atoms with Gasteiger partial charge < -0.3 is 5.32 Å². The molecule has 0 atom stereocenters. The quantitative estimate of drug-likeness (QED) is 0.638. The van der Waals surface area contributed by atoms with Crippen molar-refractivity contribution in [2.45, 2.75) is 49.6 Å². The number of carbonyl (C=O) groups is 1. The van der Waals surface area contributed by atoms with Gasteiger partial charge in [0, 0.05) is 30.4 Å². The maximum atomic E-state index is 12.5. The van der Waals surface area contributed by atoms with Crippen LogP contribution in [0.2, 0.25) is 0 Å². The first-order valence-corrected chi connectivity index (χ1v) is 12.3. The molecule has 0 aliphatic carbocycles. The van der Waals surface area contributed by atoms with Crippen molar-refractivity contribution in [3.63, 3.8) is 0 Å². The Labute approximate surface area is 178 Å².